The number of anilines is 1. The number of hydrogen-bond donors (Lipinski definition) is 1. The third-order valence-corrected chi connectivity index (χ3v) is 5.24. The number of carbonyl (C=O) groups excluding carboxylic acids is 1. The van der Waals surface area contributed by atoms with Gasteiger partial charge < -0.3 is 5.32 Å². The minimum absolute atomic E-state index is 0.0122. The molecule has 0 fully saturated rings. The molecule has 0 unspecified atom stereocenters. The third kappa shape index (κ3) is 4.27. The van der Waals surface area contributed by atoms with Crippen molar-refractivity contribution in [2.45, 2.75) is 20.0 Å². The molecule has 4 rings (SSSR count). The molecule has 0 aliphatic carbocycles. The molecular weight excluding hydrogens is 416 g/mol. The van der Waals surface area contributed by atoms with Gasteiger partial charge in [0.2, 0.25) is 5.91 Å². The lowest BCUT2D eigenvalue weighted by Crippen LogP contribution is -2.42. The zero-order valence-corrected chi connectivity index (χ0v) is 17.5. The van der Waals surface area contributed by atoms with Gasteiger partial charge in [-0.15, -0.1) is 0 Å². The van der Waals surface area contributed by atoms with Gasteiger partial charge in [0.25, 0.3) is 5.56 Å². The second-order valence-electron chi connectivity index (χ2n) is 7.14. The van der Waals surface area contributed by atoms with E-state index in [4.69, 9.17) is 11.6 Å². The Kier molecular flexibility index (Phi) is 5.68. The Balaban J connectivity index is 1.77. The van der Waals surface area contributed by atoms with E-state index >= 15 is 0 Å². The fourth-order valence-electron chi connectivity index (χ4n) is 3.39. The number of benzene rings is 2. The van der Waals surface area contributed by atoms with Crippen LogP contribution in [-0.2, 0) is 17.9 Å². The predicted molar refractivity (Wildman–Crippen MR) is 121 cm³/mol. The van der Waals surface area contributed by atoms with Crippen molar-refractivity contribution in [3.63, 3.8) is 0 Å². The van der Waals surface area contributed by atoms with Crippen LogP contribution < -0.4 is 16.6 Å². The van der Waals surface area contributed by atoms with Crippen LogP contribution in [0.1, 0.15) is 11.1 Å². The number of carbonyl (C=O) groups is 1. The molecule has 0 aliphatic rings. The zero-order valence-electron chi connectivity index (χ0n) is 16.7. The van der Waals surface area contributed by atoms with Crippen molar-refractivity contribution < 1.29 is 4.79 Å². The minimum Gasteiger partial charge on any atom is -0.325 e. The normalized spacial score (nSPS) is 10.9. The highest BCUT2D eigenvalue weighted by Gasteiger charge is 2.17. The maximum Gasteiger partial charge on any atom is 0.333 e. The summed E-state index contributed by atoms with van der Waals surface area (Å²) in [5.41, 5.74) is 1.30. The first-order chi connectivity index (χ1) is 14.9. The molecule has 0 atom stereocenters. The maximum atomic E-state index is 13.2. The van der Waals surface area contributed by atoms with Gasteiger partial charge in [0.15, 0.2) is 0 Å². The number of nitrogens with zero attached hydrogens (tertiary/aromatic N) is 3. The molecule has 2 heterocycles. The summed E-state index contributed by atoms with van der Waals surface area (Å²) in [4.78, 5) is 43.1. The SMILES string of the molecule is Cc1cccc(NC(=O)Cn2c(=O)n(Cc3ccccc3Cl)c(=O)c3cccnc32)c1. The topological polar surface area (TPSA) is 86.0 Å². The van der Waals surface area contributed by atoms with Gasteiger partial charge in [-0.1, -0.05) is 41.9 Å². The number of amides is 1. The molecule has 0 spiro atoms. The van der Waals surface area contributed by atoms with Crippen LogP contribution in [0, 0.1) is 6.92 Å². The van der Waals surface area contributed by atoms with Gasteiger partial charge in [-0.05, 0) is 48.4 Å². The van der Waals surface area contributed by atoms with Gasteiger partial charge in [0, 0.05) is 16.9 Å². The predicted octanol–water partition coefficient (Wildman–Crippen LogP) is 3.21. The van der Waals surface area contributed by atoms with Crippen molar-refractivity contribution in [2.75, 3.05) is 5.32 Å². The highest BCUT2D eigenvalue weighted by Crippen LogP contribution is 2.16. The molecule has 8 heteroatoms. The van der Waals surface area contributed by atoms with E-state index < -0.39 is 17.2 Å². The maximum absolute atomic E-state index is 13.2. The average Bonchev–Trinajstić information content (AvgIpc) is 2.75. The van der Waals surface area contributed by atoms with Crippen LogP contribution in [0.4, 0.5) is 5.69 Å². The smallest absolute Gasteiger partial charge is 0.325 e. The molecule has 0 radical (unpaired) electrons. The Morgan fingerprint density at radius 3 is 2.61 bits per heavy atom. The fourth-order valence-corrected chi connectivity index (χ4v) is 3.59. The first kappa shape index (κ1) is 20.6. The number of rotatable bonds is 5. The number of hydrogen-bond acceptors (Lipinski definition) is 4. The Bertz CT molecular complexity index is 1410. The minimum atomic E-state index is -0.629. The van der Waals surface area contributed by atoms with Gasteiger partial charge in [0.1, 0.15) is 12.2 Å². The standard InChI is InChI=1S/C23H19ClN4O3/c1-15-6-4-8-17(12-15)26-20(29)14-27-21-18(9-5-11-25-21)22(30)28(23(27)31)13-16-7-2-3-10-19(16)24/h2-12H,13-14H2,1H3,(H,26,29). The van der Waals surface area contributed by atoms with E-state index in [0.29, 0.717) is 16.3 Å². The molecular formula is C23H19ClN4O3. The van der Waals surface area contributed by atoms with E-state index in [1.54, 1.807) is 42.5 Å². The zero-order chi connectivity index (χ0) is 22.0. The monoisotopic (exact) mass is 434 g/mol. The first-order valence-electron chi connectivity index (χ1n) is 9.62. The summed E-state index contributed by atoms with van der Waals surface area (Å²) in [5.74, 6) is -0.400. The summed E-state index contributed by atoms with van der Waals surface area (Å²) >= 11 is 6.22. The second-order valence-corrected chi connectivity index (χ2v) is 7.55. The van der Waals surface area contributed by atoms with Crippen molar-refractivity contribution >= 4 is 34.2 Å². The van der Waals surface area contributed by atoms with Crippen LogP contribution in [0.15, 0.2) is 76.4 Å². The van der Waals surface area contributed by atoms with E-state index in [0.717, 1.165) is 10.1 Å². The molecule has 0 aliphatic heterocycles. The summed E-state index contributed by atoms with van der Waals surface area (Å²) in [5, 5.41) is 3.48. The Labute approximate surface area is 182 Å². The highest BCUT2D eigenvalue weighted by molar-refractivity contribution is 6.31. The number of pyridine rings is 1. The molecule has 1 N–H and O–H groups in total. The number of fused-ring (bicyclic) bond motifs is 1. The largest absolute Gasteiger partial charge is 0.333 e. The first-order valence-corrected chi connectivity index (χ1v) is 10.00. The van der Waals surface area contributed by atoms with Crippen LogP contribution in [0.2, 0.25) is 5.02 Å². The molecule has 7 nitrogen and oxygen atoms in total. The third-order valence-electron chi connectivity index (χ3n) is 4.87. The fraction of sp³-hybridized carbons (Fsp3) is 0.130. The second kappa shape index (κ2) is 8.57. The van der Waals surface area contributed by atoms with E-state index in [-0.39, 0.29) is 24.1 Å². The quantitative estimate of drug-likeness (QED) is 0.522. The van der Waals surface area contributed by atoms with Gasteiger partial charge in [0.05, 0.1) is 11.9 Å². The highest BCUT2D eigenvalue weighted by atomic mass is 35.5. The van der Waals surface area contributed by atoms with Gasteiger partial charge in [-0.2, -0.15) is 0 Å². The Morgan fingerprint density at radius 2 is 1.84 bits per heavy atom. The molecule has 2 aromatic carbocycles. The number of aryl methyl sites for hydroxylation is 1. The number of nitrogens with one attached hydrogen (secondary N) is 1. The van der Waals surface area contributed by atoms with Crippen molar-refractivity contribution in [3.05, 3.63) is 104 Å². The molecule has 4 aromatic rings. The molecule has 0 saturated carbocycles. The summed E-state index contributed by atoms with van der Waals surface area (Å²) in [6.45, 7) is 1.62. The molecule has 0 bridgehead atoms. The van der Waals surface area contributed by atoms with Gasteiger partial charge in [-0.25, -0.2) is 9.78 Å². The Morgan fingerprint density at radius 1 is 1.03 bits per heavy atom. The summed E-state index contributed by atoms with van der Waals surface area (Å²) in [6.07, 6.45) is 1.48. The van der Waals surface area contributed by atoms with Crippen molar-refractivity contribution in [1.29, 1.82) is 0 Å². The number of halogens is 1. The van der Waals surface area contributed by atoms with Crippen LogP contribution in [-0.4, -0.2) is 20.0 Å². The van der Waals surface area contributed by atoms with E-state index in [2.05, 4.69) is 10.3 Å². The lowest BCUT2D eigenvalue weighted by atomic mass is 10.2. The summed E-state index contributed by atoms with van der Waals surface area (Å²) in [7, 11) is 0. The van der Waals surface area contributed by atoms with Crippen LogP contribution in [0.25, 0.3) is 11.0 Å². The van der Waals surface area contributed by atoms with E-state index in [1.807, 2.05) is 25.1 Å². The number of aromatic nitrogens is 3. The van der Waals surface area contributed by atoms with E-state index in [9.17, 15) is 14.4 Å². The average molecular weight is 435 g/mol. The molecule has 31 heavy (non-hydrogen) atoms. The molecule has 0 saturated heterocycles. The molecule has 156 valence electrons. The van der Waals surface area contributed by atoms with Crippen molar-refractivity contribution in [2.24, 2.45) is 0 Å². The lowest BCUT2D eigenvalue weighted by Gasteiger charge is -2.14. The van der Waals surface area contributed by atoms with Gasteiger partial charge in [-0.3, -0.25) is 18.7 Å². The van der Waals surface area contributed by atoms with Crippen molar-refractivity contribution in [3.8, 4) is 0 Å². The Hall–Kier alpha value is -3.71. The molecule has 2 aromatic heterocycles. The van der Waals surface area contributed by atoms with E-state index in [1.165, 1.54) is 10.8 Å². The van der Waals surface area contributed by atoms with Crippen LogP contribution in [0.3, 0.4) is 0 Å². The molecule has 1 amide bonds. The summed E-state index contributed by atoms with van der Waals surface area (Å²) in [6, 6.07) is 17.5. The van der Waals surface area contributed by atoms with Gasteiger partial charge >= 0.3 is 5.69 Å². The van der Waals surface area contributed by atoms with Crippen LogP contribution >= 0.6 is 11.6 Å². The summed E-state index contributed by atoms with van der Waals surface area (Å²) < 4.78 is 2.28. The van der Waals surface area contributed by atoms with Crippen LogP contribution in [0.5, 0.6) is 0 Å². The lowest BCUT2D eigenvalue weighted by molar-refractivity contribution is -0.116. The van der Waals surface area contributed by atoms with Crippen molar-refractivity contribution in [1.82, 2.24) is 14.1 Å².